The Bertz CT molecular complexity index is 513. The fourth-order valence-corrected chi connectivity index (χ4v) is 3.16. The highest BCUT2D eigenvalue weighted by molar-refractivity contribution is 7.93. The molecule has 1 saturated heterocycles. The second-order valence-electron chi connectivity index (χ2n) is 3.90. The molecular weight excluding hydrogens is 244 g/mol. The first kappa shape index (κ1) is 12.1. The Balaban J connectivity index is 2.11. The summed E-state index contributed by atoms with van der Waals surface area (Å²) in [6, 6.07) is 2.57. The van der Waals surface area contributed by atoms with Crippen molar-refractivity contribution in [2.75, 3.05) is 17.8 Å². The van der Waals surface area contributed by atoms with Gasteiger partial charge in [-0.25, -0.2) is 13.5 Å². The van der Waals surface area contributed by atoms with Crippen molar-refractivity contribution >= 4 is 15.8 Å². The zero-order valence-electron chi connectivity index (χ0n) is 9.14. The van der Waals surface area contributed by atoms with Crippen molar-refractivity contribution in [3.8, 4) is 0 Å². The molecule has 0 amide bonds. The van der Waals surface area contributed by atoms with Gasteiger partial charge in [-0.2, -0.15) is 5.10 Å². The van der Waals surface area contributed by atoms with E-state index in [0.717, 1.165) is 0 Å². The Morgan fingerprint density at radius 2 is 2.00 bits per heavy atom. The molecule has 1 aromatic rings. The number of hydrogen-bond acceptors (Lipinski definition) is 5. The molecule has 7 nitrogen and oxygen atoms in total. The van der Waals surface area contributed by atoms with Crippen molar-refractivity contribution < 1.29 is 8.42 Å². The number of hydrogen-bond donors (Lipinski definition) is 3. The highest BCUT2D eigenvalue weighted by Gasteiger charge is 2.27. The van der Waals surface area contributed by atoms with Gasteiger partial charge in [-0.05, 0) is 32.0 Å². The van der Waals surface area contributed by atoms with Crippen molar-refractivity contribution in [3.05, 3.63) is 22.5 Å². The van der Waals surface area contributed by atoms with Gasteiger partial charge in [-0.3, -0.25) is 9.52 Å². The smallest absolute Gasteiger partial charge is 0.264 e. The lowest BCUT2D eigenvalue weighted by Crippen LogP contribution is -2.38. The minimum Gasteiger partial charge on any atom is -0.317 e. The second-order valence-corrected chi connectivity index (χ2v) is 5.86. The second kappa shape index (κ2) is 4.84. The molecule has 0 spiro atoms. The first-order valence-electron chi connectivity index (χ1n) is 5.36. The van der Waals surface area contributed by atoms with Crippen LogP contribution in [0.1, 0.15) is 12.8 Å². The number of rotatable bonds is 3. The largest absolute Gasteiger partial charge is 0.317 e. The zero-order chi connectivity index (χ0) is 12.3. The standard InChI is InChI=1S/C9H14N4O3S/c14-9-2-1-8(11-12-9)13-17(15,16)7-3-5-10-6-4-7/h1-2,7,10H,3-6H2,(H,11,13)(H,12,14). The normalized spacial score (nSPS) is 17.9. The van der Waals surface area contributed by atoms with Crippen molar-refractivity contribution in [2.45, 2.75) is 18.1 Å². The Hall–Kier alpha value is -1.41. The van der Waals surface area contributed by atoms with E-state index in [4.69, 9.17) is 0 Å². The molecule has 8 heteroatoms. The minimum atomic E-state index is -3.42. The maximum absolute atomic E-state index is 12.0. The molecule has 0 bridgehead atoms. The number of H-pyrrole nitrogens is 1. The van der Waals surface area contributed by atoms with Crippen LogP contribution in [0, 0.1) is 0 Å². The maximum Gasteiger partial charge on any atom is 0.264 e. The van der Waals surface area contributed by atoms with Gasteiger partial charge in [0, 0.05) is 6.07 Å². The quantitative estimate of drug-likeness (QED) is 0.662. The lowest BCUT2D eigenvalue weighted by atomic mass is 10.2. The summed E-state index contributed by atoms with van der Waals surface area (Å²) >= 11 is 0. The summed E-state index contributed by atoms with van der Waals surface area (Å²) in [5, 5.41) is 8.49. The molecule has 0 radical (unpaired) electrons. The van der Waals surface area contributed by atoms with Crippen LogP contribution in [0.2, 0.25) is 0 Å². The van der Waals surface area contributed by atoms with Crippen LogP contribution < -0.4 is 15.6 Å². The van der Waals surface area contributed by atoms with Crippen LogP contribution in [-0.2, 0) is 10.0 Å². The first-order chi connectivity index (χ1) is 8.08. The van der Waals surface area contributed by atoms with E-state index in [-0.39, 0.29) is 11.4 Å². The molecular formula is C9H14N4O3S. The third-order valence-corrected chi connectivity index (χ3v) is 4.49. The van der Waals surface area contributed by atoms with Gasteiger partial charge in [0.2, 0.25) is 10.0 Å². The molecule has 0 saturated carbocycles. The molecule has 2 heterocycles. The van der Waals surface area contributed by atoms with E-state index < -0.39 is 15.3 Å². The summed E-state index contributed by atoms with van der Waals surface area (Å²) in [5.74, 6) is 0.142. The van der Waals surface area contributed by atoms with E-state index in [1.54, 1.807) is 0 Å². The summed E-state index contributed by atoms with van der Waals surface area (Å²) in [5.41, 5.74) is -0.366. The number of aromatic nitrogens is 2. The predicted molar refractivity (Wildman–Crippen MR) is 63.3 cm³/mol. The number of sulfonamides is 1. The highest BCUT2D eigenvalue weighted by atomic mass is 32.2. The molecule has 0 aliphatic carbocycles. The minimum absolute atomic E-state index is 0.142. The van der Waals surface area contributed by atoms with Gasteiger partial charge in [0.25, 0.3) is 5.56 Å². The van der Waals surface area contributed by atoms with Gasteiger partial charge in [0.15, 0.2) is 5.82 Å². The molecule has 0 unspecified atom stereocenters. The monoisotopic (exact) mass is 258 g/mol. The van der Waals surface area contributed by atoms with E-state index in [1.165, 1.54) is 12.1 Å². The fourth-order valence-electron chi connectivity index (χ4n) is 1.74. The maximum atomic E-state index is 12.0. The Kier molecular flexibility index (Phi) is 3.43. The van der Waals surface area contributed by atoms with Crippen LogP contribution in [0.25, 0.3) is 0 Å². The predicted octanol–water partition coefficient (Wildman–Crippen LogP) is -0.736. The van der Waals surface area contributed by atoms with Crippen LogP contribution in [0.3, 0.4) is 0 Å². The molecule has 3 N–H and O–H groups in total. The molecule has 1 aromatic heterocycles. The number of aromatic amines is 1. The van der Waals surface area contributed by atoms with Crippen LogP contribution in [-0.4, -0.2) is 37.0 Å². The SMILES string of the molecule is O=c1ccc(NS(=O)(=O)C2CCNCC2)n[nH]1. The molecule has 17 heavy (non-hydrogen) atoms. The first-order valence-corrected chi connectivity index (χ1v) is 6.91. The third-order valence-electron chi connectivity index (χ3n) is 2.65. The summed E-state index contributed by atoms with van der Waals surface area (Å²) in [6.45, 7) is 1.40. The average molecular weight is 258 g/mol. The number of piperidine rings is 1. The molecule has 2 rings (SSSR count). The van der Waals surface area contributed by atoms with Crippen LogP contribution in [0.4, 0.5) is 5.82 Å². The summed E-state index contributed by atoms with van der Waals surface area (Å²) < 4.78 is 26.3. The van der Waals surface area contributed by atoms with Gasteiger partial charge in [0.1, 0.15) is 0 Å². The van der Waals surface area contributed by atoms with Gasteiger partial charge >= 0.3 is 0 Å². The van der Waals surface area contributed by atoms with E-state index in [0.29, 0.717) is 25.9 Å². The summed E-state index contributed by atoms with van der Waals surface area (Å²) in [6.07, 6.45) is 1.16. The van der Waals surface area contributed by atoms with Crippen LogP contribution >= 0.6 is 0 Å². The van der Waals surface area contributed by atoms with Crippen LogP contribution in [0.15, 0.2) is 16.9 Å². The third kappa shape index (κ3) is 3.04. The Labute approximate surface area is 98.7 Å². The number of nitrogens with zero attached hydrogens (tertiary/aromatic N) is 1. The van der Waals surface area contributed by atoms with Crippen LogP contribution in [0.5, 0.6) is 0 Å². The molecule has 0 atom stereocenters. The number of nitrogens with one attached hydrogen (secondary N) is 3. The van der Waals surface area contributed by atoms with Crippen molar-refractivity contribution in [1.82, 2.24) is 15.5 Å². The zero-order valence-corrected chi connectivity index (χ0v) is 9.96. The van der Waals surface area contributed by atoms with Crippen molar-refractivity contribution in [3.63, 3.8) is 0 Å². The molecule has 1 aliphatic rings. The van der Waals surface area contributed by atoms with Gasteiger partial charge in [-0.1, -0.05) is 0 Å². The van der Waals surface area contributed by atoms with E-state index in [2.05, 4.69) is 20.2 Å². The van der Waals surface area contributed by atoms with Gasteiger partial charge in [0.05, 0.1) is 5.25 Å². The molecule has 94 valence electrons. The van der Waals surface area contributed by atoms with Crippen molar-refractivity contribution in [1.29, 1.82) is 0 Å². The summed E-state index contributed by atoms with van der Waals surface area (Å²) in [7, 11) is -3.42. The topological polar surface area (TPSA) is 104 Å². The number of anilines is 1. The van der Waals surface area contributed by atoms with Gasteiger partial charge in [-0.15, -0.1) is 0 Å². The van der Waals surface area contributed by atoms with E-state index >= 15 is 0 Å². The summed E-state index contributed by atoms with van der Waals surface area (Å²) in [4.78, 5) is 10.8. The molecule has 1 fully saturated rings. The lowest BCUT2D eigenvalue weighted by Gasteiger charge is -2.22. The van der Waals surface area contributed by atoms with E-state index in [1.807, 2.05) is 0 Å². The lowest BCUT2D eigenvalue weighted by molar-refractivity contribution is 0.499. The average Bonchev–Trinajstić information content (AvgIpc) is 2.33. The van der Waals surface area contributed by atoms with Crippen molar-refractivity contribution in [2.24, 2.45) is 0 Å². The fraction of sp³-hybridized carbons (Fsp3) is 0.556. The Morgan fingerprint density at radius 1 is 1.29 bits per heavy atom. The van der Waals surface area contributed by atoms with Gasteiger partial charge < -0.3 is 5.32 Å². The molecule has 1 aliphatic heterocycles. The van der Waals surface area contributed by atoms with E-state index in [9.17, 15) is 13.2 Å². The highest BCUT2D eigenvalue weighted by Crippen LogP contribution is 2.15. The molecule has 0 aromatic carbocycles. The Morgan fingerprint density at radius 3 is 2.59 bits per heavy atom.